The van der Waals surface area contributed by atoms with Crippen LogP contribution in [0.5, 0.6) is 0 Å². The number of carboxylic acid groups (broad SMARTS) is 1. The first-order chi connectivity index (χ1) is 10.5. The van der Waals surface area contributed by atoms with E-state index in [2.05, 4.69) is 0 Å². The summed E-state index contributed by atoms with van der Waals surface area (Å²) in [6, 6.07) is 7.44. The van der Waals surface area contributed by atoms with E-state index in [9.17, 15) is 14.7 Å². The lowest BCUT2D eigenvalue weighted by Gasteiger charge is -2.38. The molecule has 0 atom stereocenters. The van der Waals surface area contributed by atoms with Crippen LogP contribution in [0.4, 0.5) is 0 Å². The molecular formula is C17H20N2O3. The standard InChI is InChI=1S/C17H20N2O3/c1-12(2)18-9-10-19(16(18)22)14-6-3-5-13(11-14)17(15(20)21)7-4-8-17/h3,5-6,9-12H,4,7-8H2,1-2H3,(H,20,21). The minimum absolute atomic E-state index is 0.0916. The summed E-state index contributed by atoms with van der Waals surface area (Å²) in [5.74, 6) is -0.775. The molecule has 1 saturated carbocycles. The topological polar surface area (TPSA) is 64.2 Å². The van der Waals surface area contributed by atoms with Crippen LogP contribution in [0.2, 0.25) is 0 Å². The Kier molecular flexibility index (Phi) is 3.43. The molecular weight excluding hydrogens is 280 g/mol. The van der Waals surface area contributed by atoms with E-state index in [4.69, 9.17) is 0 Å². The van der Waals surface area contributed by atoms with Crippen molar-refractivity contribution in [1.29, 1.82) is 0 Å². The fourth-order valence-electron chi connectivity index (χ4n) is 3.09. The second-order valence-electron chi connectivity index (χ2n) is 6.24. The molecule has 1 aliphatic rings. The summed E-state index contributed by atoms with van der Waals surface area (Å²) in [7, 11) is 0. The van der Waals surface area contributed by atoms with Gasteiger partial charge in [0.1, 0.15) is 0 Å². The molecule has 1 aliphatic carbocycles. The molecule has 0 bridgehead atoms. The molecule has 22 heavy (non-hydrogen) atoms. The number of benzene rings is 1. The van der Waals surface area contributed by atoms with Gasteiger partial charge < -0.3 is 5.11 Å². The maximum atomic E-state index is 12.4. The van der Waals surface area contributed by atoms with E-state index in [0.29, 0.717) is 12.8 Å². The van der Waals surface area contributed by atoms with Gasteiger partial charge in [0.2, 0.25) is 0 Å². The number of aromatic nitrogens is 2. The highest BCUT2D eigenvalue weighted by Crippen LogP contribution is 2.44. The van der Waals surface area contributed by atoms with Gasteiger partial charge in [0, 0.05) is 18.4 Å². The summed E-state index contributed by atoms with van der Waals surface area (Å²) in [5, 5.41) is 9.56. The van der Waals surface area contributed by atoms with Crippen LogP contribution in [0, 0.1) is 0 Å². The van der Waals surface area contributed by atoms with Crippen molar-refractivity contribution in [1.82, 2.24) is 9.13 Å². The van der Waals surface area contributed by atoms with Crippen molar-refractivity contribution >= 4 is 5.97 Å². The Bertz CT molecular complexity index is 766. The number of carbonyl (C=O) groups is 1. The molecule has 3 rings (SSSR count). The van der Waals surface area contributed by atoms with E-state index in [1.165, 1.54) is 0 Å². The summed E-state index contributed by atoms with van der Waals surface area (Å²) in [4.78, 5) is 24.0. The predicted molar refractivity (Wildman–Crippen MR) is 83.6 cm³/mol. The SMILES string of the molecule is CC(C)n1ccn(-c2cccc(C3(C(=O)O)CCC3)c2)c1=O. The first-order valence-corrected chi connectivity index (χ1v) is 7.59. The number of hydrogen-bond donors (Lipinski definition) is 1. The summed E-state index contributed by atoms with van der Waals surface area (Å²) in [6.45, 7) is 3.91. The molecule has 5 heteroatoms. The van der Waals surface area contributed by atoms with Crippen molar-refractivity contribution < 1.29 is 9.90 Å². The lowest BCUT2D eigenvalue weighted by molar-refractivity contribution is -0.147. The second-order valence-corrected chi connectivity index (χ2v) is 6.24. The molecule has 116 valence electrons. The largest absolute Gasteiger partial charge is 0.481 e. The van der Waals surface area contributed by atoms with E-state index in [1.807, 2.05) is 38.1 Å². The Morgan fingerprint density at radius 2 is 2.00 bits per heavy atom. The van der Waals surface area contributed by atoms with Gasteiger partial charge in [-0.05, 0) is 44.4 Å². The van der Waals surface area contributed by atoms with Crippen LogP contribution in [0.15, 0.2) is 41.5 Å². The quantitative estimate of drug-likeness (QED) is 0.944. The number of carboxylic acids is 1. The van der Waals surface area contributed by atoms with E-state index < -0.39 is 11.4 Å². The number of nitrogens with zero attached hydrogens (tertiary/aromatic N) is 2. The minimum atomic E-state index is -0.778. The maximum Gasteiger partial charge on any atom is 0.332 e. The molecule has 0 saturated heterocycles. The second kappa shape index (κ2) is 5.16. The highest BCUT2D eigenvalue weighted by molar-refractivity contribution is 5.82. The third kappa shape index (κ3) is 2.08. The van der Waals surface area contributed by atoms with Gasteiger partial charge >= 0.3 is 11.7 Å². The van der Waals surface area contributed by atoms with Crippen LogP contribution < -0.4 is 5.69 Å². The molecule has 0 amide bonds. The third-order valence-corrected chi connectivity index (χ3v) is 4.65. The Balaban J connectivity index is 2.06. The van der Waals surface area contributed by atoms with Crippen molar-refractivity contribution in [3.8, 4) is 5.69 Å². The summed E-state index contributed by atoms with van der Waals surface area (Å²) >= 11 is 0. The number of aliphatic carboxylic acids is 1. The van der Waals surface area contributed by atoms with Crippen molar-refractivity contribution in [3.05, 3.63) is 52.7 Å². The van der Waals surface area contributed by atoms with E-state index in [1.54, 1.807) is 21.5 Å². The normalized spacial score (nSPS) is 16.5. The number of imidazole rings is 1. The van der Waals surface area contributed by atoms with Crippen LogP contribution in [0.1, 0.15) is 44.7 Å². The molecule has 1 aromatic carbocycles. The van der Waals surface area contributed by atoms with Crippen molar-refractivity contribution in [2.24, 2.45) is 0 Å². The highest BCUT2D eigenvalue weighted by atomic mass is 16.4. The van der Waals surface area contributed by atoms with E-state index >= 15 is 0 Å². The van der Waals surface area contributed by atoms with Crippen LogP contribution in [0.3, 0.4) is 0 Å². The first kappa shape index (κ1) is 14.6. The molecule has 0 spiro atoms. The molecule has 1 N–H and O–H groups in total. The van der Waals surface area contributed by atoms with E-state index in [-0.39, 0.29) is 11.7 Å². The third-order valence-electron chi connectivity index (χ3n) is 4.65. The maximum absolute atomic E-state index is 12.4. The predicted octanol–water partition coefficient (Wildman–Crippen LogP) is 2.73. The van der Waals surface area contributed by atoms with Gasteiger partial charge in [-0.2, -0.15) is 0 Å². The van der Waals surface area contributed by atoms with Gasteiger partial charge in [0.25, 0.3) is 0 Å². The van der Waals surface area contributed by atoms with Crippen molar-refractivity contribution in [3.63, 3.8) is 0 Å². The lowest BCUT2D eigenvalue weighted by atomic mass is 9.64. The zero-order valence-electron chi connectivity index (χ0n) is 12.8. The molecule has 1 heterocycles. The number of hydrogen-bond acceptors (Lipinski definition) is 2. The Morgan fingerprint density at radius 1 is 1.27 bits per heavy atom. The number of rotatable bonds is 4. The van der Waals surface area contributed by atoms with Gasteiger partial charge in [-0.25, -0.2) is 4.79 Å². The molecule has 5 nitrogen and oxygen atoms in total. The lowest BCUT2D eigenvalue weighted by Crippen LogP contribution is -2.42. The summed E-state index contributed by atoms with van der Waals surface area (Å²) < 4.78 is 3.22. The summed E-state index contributed by atoms with van der Waals surface area (Å²) in [5.41, 5.74) is 0.618. The van der Waals surface area contributed by atoms with Gasteiger partial charge in [-0.15, -0.1) is 0 Å². The van der Waals surface area contributed by atoms with Gasteiger partial charge in [0.05, 0.1) is 11.1 Å². The average Bonchev–Trinajstić information content (AvgIpc) is 2.79. The molecule has 0 radical (unpaired) electrons. The van der Waals surface area contributed by atoms with Crippen LogP contribution >= 0.6 is 0 Å². The van der Waals surface area contributed by atoms with Crippen molar-refractivity contribution in [2.45, 2.75) is 44.6 Å². The molecule has 2 aromatic rings. The zero-order valence-corrected chi connectivity index (χ0v) is 12.8. The molecule has 1 fully saturated rings. The molecule has 1 aromatic heterocycles. The molecule has 0 unspecified atom stereocenters. The smallest absolute Gasteiger partial charge is 0.332 e. The molecule has 0 aliphatic heterocycles. The van der Waals surface area contributed by atoms with Crippen molar-refractivity contribution in [2.75, 3.05) is 0 Å². The highest BCUT2D eigenvalue weighted by Gasteiger charge is 2.45. The zero-order chi connectivity index (χ0) is 15.9. The van der Waals surface area contributed by atoms with Crippen LogP contribution in [0.25, 0.3) is 5.69 Å². The average molecular weight is 300 g/mol. The van der Waals surface area contributed by atoms with Gasteiger partial charge in [-0.1, -0.05) is 18.6 Å². The fraction of sp³-hybridized carbons (Fsp3) is 0.412. The Morgan fingerprint density at radius 3 is 2.50 bits per heavy atom. The van der Waals surface area contributed by atoms with Gasteiger partial charge in [0.15, 0.2) is 0 Å². The van der Waals surface area contributed by atoms with Crippen LogP contribution in [-0.2, 0) is 10.2 Å². The minimum Gasteiger partial charge on any atom is -0.481 e. The fourth-order valence-corrected chi connectivity index (χ4v) is 3.09. The Hall–Kier alpha value is -2.30. The Labute approximate surface area is 128 Å². The van der Waals surface area contributed by atoms with Crippen LogP contribution in [-0.4, -0.2) is 20.2 Å². The van der Waals surface area contributed by atoms with Gasteiger partial charge in [-0.3, -0.25) is 13.9 Å². The summed E-state index contributed by atoms with van der Waals surface area (Å²) in [6.07, 6.45) is 5.74. The first-order valence-electron chi connectivity index (χ1n) is 7.59. The monoisotopic (exact) mass is 300 g/mol. The van der Waals surface area contributed by atoms with E-state index in [0.717, 1.165) is 17.7 Å².